The van der Waals surface area contributed by atoms with Crippen molar-refractivity contribution in [1.29, 1.82) is 0 Å². The summed E-state index contributed by atoms with van der Waals surface area (Å²) in [6.07, 6.45) is 0. The van der Waals surface area contributed by atoms with E-state index in [0.29, 0.717) is 0 Å². The quantitative estimate of drug-likeness (QED) is 0.165. The molecule has 0 spiro atoms. The lowest BCUT2D eigenvalue weighted by atomic mass is 9.93. The largest absolute Gasteiger partial charge is 0.295 e. The monoisotopic (exact) mass is 666 g/mol. The predicted octanol–water partition coefficient (Wildman–Crippen LogP) is 13.2. The van der Waals surface area contributed by atoms with Crippen LogP contribution >= 0.6 is 0 Å². The Hall–Kier alpha value is -6.78. The summed E-state index contributed by atoms with van der Waals surface area (Å²) in [6.45, 7) is 4.10. The first-order chi connectivity index (χ1) is 25.6. The number of pyridine rings is 2. The van der Waals surface area contributed by atoms with Crippen molar-refractivity contribution in [3.8, 4) is 0 Å². The standard InChI is InChI=1S/C48H34N4/c1-31-9-7-15-45(49-31)51(41-23-21-33-11-3-5-13-35(33)25-41)43-27-37-17-19-39-29-44(30-40-20-18-38(28-43)47(37)48(39)40)52(46-16-8-10-32(2)50-46)42-24-22-34-12-4-6-14-36(34)26-42/h3-30H,1-2H3. The van der Waals surface area contributed by atoms with Crippen LogP contribution in [0.15, 0.2) is 170 Å². The highest BCUT2D eigenvalue weighted by Crippen LogP contribution is 2.44. The Bertz CT molecular complexity index is 2700. The number of aryl methyl sites for hydroxylation is 2. The Labute approximate surface area is 302 Å². The fourth-order valence-corrected chi connectivity index (χ4v) is 7.83. The fourth-order valence-electron chi connectivity index (χ4n) is 7.83. The molecule has 8 aromatic carbocycles. The number of benzene rings is 8. The first-order valence-electron chi connectivity index (χ1n) is 17.7. The molecule has 0 fully saturated rings. The van der Waals surface area contributed by atoms with Crippen molar-refractivity contribution >= 4 is 88.2 Å². The fraction of sp³-hybridized carbons (Fsp3) is 0.0417. The van der Waals surface area contributed by atoms with Crippen LogP contribution in [0.4, 0.5) is 34.4 Å². The van der Waals surface area contributed by atoms with Gasteiger partial charge in [-0.05, 0) is 141 Å². The number of aromatic nitrogens is 2. The Kier molecular flexibility index (Phi) is 6.90. The van der Waals surface area contributed by atoms with E-state index in [1.54, 1.807) is 0 Å². The third-order valence-electron chi connectivity index (χ3n) is 10.2. The van der Waals surface area contributed by atoms with Crippen molar-refractivity contribution < 1.29 is 0 Å². The molecule has 0 aliphatic rings. The summed E-state index contributed by atoms with van der Waals surface area (Å²) in [7, 11) is 0. The molecule has 246 valence electrons. The van der Waals surface area contributed by atoms with Gasteiger partial charge in [0.1, 0.15) is 11.6 Å². The van der Waals surface area contributed by atoms with Gasteiger partial charge in [-0.2, -0.15) is 0 Å². The molecule has 10 rings (SSSR count). The molecule has 0 saturated carbocycles. The molecule has 0 saturated heterocycles. The van der Waals surface area contributed by atoms with E-state index in [2.05, 4.69) is 168 Å². The van der Waals surface area contributed by atoms with Gasteiger partial charge >= 0.3 is 0 Å². The van der Waals surface area contributed by atoms with Crippen LogP contribution in [0, 0.1) is 13.8 Å². The molecule has 0 N–H and O–H groups in total. The topological polar surface area (TPSA) is 32.3 Å². The molecule has 0 amide bonds. The maximum atomic E-state index is 5.00. The molecular weight excluding hydrogens is 633 g/mol. The molecule has 0 unspecified atom stereocenters. The lowest BCUT2D eigenvalue weighted by Gasteiger charge is -2.27. The number of rotatable bonds is 6. The van der Waals surface area contributed by atoms with Crippen molar-refractivity contribution in [2.24, 2.45) is 0 Å². The number of fused-ring (bicyclic) bond motifs is 2. The SMILES string of the molecule is Cc1cccc(N(c2ccc3ccccc3c2)c2cc3ccc4cc(N(c5ccc6ccccc6c5)c5cccc(C)n5)cc5ccc(c2)c3c45)n1. The van der Waals surface area contributed by atoms with Crippen LogP contribution in [-0.2, 0) is 0 Å². The highest BCUT2D eigenvalue weighted by Gasteiger charge is 2.20. The second-order valence-electron chi connectivity index (χ2n) is 13.7. The van der Waals surface area contributed by atoms with E-state index >= 15 is 0 Å². The third kappa shape index (κ3) is 5.07. The van der Waals surface area contributed by atoms with Gasteiger partial charge in [0.05, 0.1) is 0 Å². The summed E-state index contributed by atoms with van der Waals surface area (Å²) in [4.78, 5) is 14.6. The lowest BCUT2D eigenvalue weighted by molar-refractivity contribution is 1.13. The average Bonchev–Trinajstić information content (AvgIpc) is 3.17. The van der Waals surface area contributed by atoms with Crippen molar-refractivity contribution in [1.82, 2.24) is 9.97 Å². The van der Waals surface area contributed by atoms with E-state index < -0.39 is 0 Å². The summed E-state index contributed by atoms with van der Waals surface area (Å²) < 4.78 is 0. The van der Waals surface area contributed by atoms with E-state index in [0.717, 1.165) is 45.8 Å². The molecule has 0 atom stereocenters. The van der Waals surface area contributed by atoms with Crippen LogP contribution in [0.3, 0.4) is 0 Å². The van der Waals surface area contributed by atoms with Gasteiger partial charge < -0.3 is 0 Å². The van der Waals surface area contributed by atoms with E-state index in [-0.39, 0.29) is 0 Å². The molecule has 0 bridgehead atoms. The van der Waals surface area contributed by atoms with Crippen LogP contribution in [0.1, 0.15) is 11.4 Å². The maximum Gasteiger partial charge on any atom is 0.137 e. The zero-order valence-electron chi connectivity index (χ0n) is 29.0. The van der Waals surface area contributed by atoms with Crippen LogP contribution < -0.4 is 9.80 Å². The zero-order valence-corrected chi connectivity index (χ0v) is 29.0. The molecule has 2 aromatic heterocycles. The maximum absolute atomic E-state index is 5.00. The molecule has 0 radical (unpaired) electrons. The van der Waals surface area contributed by atoms with Gasteiger partial charge in [0, 0.05) is 34.1 Å². The van der Waals surface area contributed by atoms with E-state index in [9.17, 15) is 0 Å². The molecule has 4 heteroatoms. The highest BCUT2D eigenvalue weighted by atomic mass is 15.2. The number of hydrogen-bond donors (Lipinski definition) is 0. The van der Waals surface area contributed by atoms with Gasteiger partial charge in [0.2, 0.25) is 0 Å². The van der Waals surface area contributed by atoms with Crippen molar-refractivity contribution in [2.75, 3.05) is 9.80 Å². The van der Waals surface area contributed by atoms with E-state index in [1.807, 2.05) is 26.0 Å². The third-order valence-corrected chi connectivity index (χ3v) is 10.2. The predicted molar refractivity (Wildman–Crippen MR) is 220 cm³/mol. The molecule has 0 aliphatic heterocycles. The molecule has 0 aliphatic carbocycles. The minimum atomic E-state index is 0.895. The van der Waals surface area contributed by atoms with Crippen molar-refractivity contribution in [3.63, 3.8) is 0 Å². The number of hydrogen-bond acceptors (Lipinski definition) is 4. The molecule has 2 heterocycles. The Balaban J connectivity index is 1.15. The van der Waals surface area contributed by atoms with Crippen LogP contribution in [0.25, 0.3) is 53.9 Å². The molecule has 4 nitrogen and oxygen atoms in total. The summed E-state index contributed by atoms with van der Waals surface area (Å²) in [5, 5.41) is 12.2. The Morgan fingerprint density at radius 3 is 1.04 bits per heavy atom. The molecule has 52 heavy (non-hydrogen) atoms. The summed E-state index contributed by atoms with van der Waals surface area (Å²) >= 11 is 0. The minimum absolute atomic E-state index is 0.895. The number of anilines is 6. The summed E-state index contributed by atoms with van der Waals surface area (Å²) in [6, 6.07) is 61.1. The summed E-state index contributed by atoms with van der Waals surface area (Å²) in [5.41, 5.74) is 6.27. The molecular formula is C48H34N4. The minimum Gasteiger partial charge on any atom is -0.295 e. The van der Waals surface area contributed by atoms with Crippen LogP contribution in [0.5, 0.6) is 0 Å². The zero-order chi connectivity index (χ0) is 34.8. The van der Waals surface area contributed by atoms with Gasteiger partial charge in [0.15, 0.2) is 0 Å². The average molecular weight is 667 g/mol. The molecule has 10 aromatic rings. The van der Waals surface area contributed by atoms with Crippen LogP contribution in [-0.4, -0.2) is 9.97 Å². The van der Waals surface area contributed by atoms with E-state index in [1.165, 1.54) is 53.9 Å². The Morgan fingerprint density at radius 2 is 0.654 bits per heavy atom. The van der Waals surface area contributed by atoms with Crippen molar-refractivity contribution in [3.05, 3.63) is 181 Å². The lowest BCUT2D eigenvalue weighted by Crippen LogP contribution is -2.12. The normalized spacial score (nSPS) is 11.7. The second kappa shape index (κ2) is 11.9. The van der Waals surface area contributed by atoms with Gasteiger partial charge in [-0.3, -0.25) is 9.80 Å². The smallest absolute Gasteiger partial charge is 0.137 e. The van der Waals surface area contributed by atoms with Gasteiger partial charge in [-0.1, -0.05) is 97.1 Å². The van der Waals surface area contributed by atoms with Crippen LogP contribution in [0.2, 0.25) is 0 Å². The summed E-state index contributed by atoms with van der Waals surface area (Å²) in [5.74, 6) is 1.79. The van der Waals surface area contributed by atoms with Gasteiger partial charge in [-0.15, -0.1) is 0 Å². The second-order valence-corrected chi connectivity index (χ2v) is 13.7. The Morgan fingerprint density at radius 1 is 0.308 bits per heavy atom. The van der Waals surface area contributed by atoms with Gasteiger partial charge in [0.25, 0.3) is 0 Å². The van der Waals surface area contributed by atoms with E-state index in [4.69, 9.17) is 9.97 Å². The van der Waals surface area contributed by atoms with Crippen molar-refractivity contribution in [2.45, 2.75) is 13.8 Å². The first-order valence-corrected chi connectivity index (χ1v) is 17.7. The number of nitrogens with zero attached hydrogens (tertiary/aromatic N) is 4. The van der Waals surface area contributed by atoms with Gasteiger partial charge in [-0.25, -0.2) is 9.97 Å². The highest BCUT2D eigenvalue weighted by molar-refractivity contribution is 6.24. The first kappa shape index (κ1) is 30.1.